The zero-order valence-corrected chi connectivity index (χ0v) is 12.2. The number of rotatable bonds is 5. The van der Waals surface area contributed by atoms with Crippen molar-refractivity contribution in [2.24, 2.45) is 7.05 Å². The van der Waals surface area contributed by atoms with Gasteiger partial charge in [-0.3, -0.25) is 0 Å². The van der Waals surface area contributed by atoms with Gasteiger partial charge < -0.3 is 24.6 Å². The van der Waals surface area contributed by atoms with Gasteiger partial charge in [0.1, 0.15) is 5.60 Å². The number of ether oxygens (including phenoxy) is 1. The Morgan fingerprint density at radius 1 is 1.63 bits per heavy atom. The summed E-state index contributed by atoms with van der Waals surface area (Å²) in [6.45, 7) is 3.78. The summed E-state index contributed by atoms with van der Waals surface area (Å²) in [6, 6.07) is 0. The van der Waals surface area contributed by atoms with Crippen molar-refractivity contribution >= 4 is 5.95 Å². The lowest BCUT2D eigenvalue weighted by Crippen LogP contribution is -2.45. The minimum Gasteiger partial charge on any atom is -0.386 e. The number of imidazole rings is 1. The van der Waals surface area contributed by atoms with Crippen LogP contribution in [0, 0.1) is 0 Å². The summed E-state index contributed by atoms with van der Waals surface area (Å²) in [5.74, 6) is 0.924. The van der Waals surface area contributed by atoms with Crippen LogP contribution in [0.1, 0.15) is 19.0 Å². The molecule has 0 saturated carbocycles. The van der Waals surface area contributed by atoms with E-state index in [0.717, 1.165) is 11.6 Å². The topological polar surface area (TPSA) is 62.6 Å². The van der Waals surface area contributed by atoms with Crippen LogP contribution in [0.3, 0.4) is 0 Å². The van der Waals surface area contributed by atoms with Crippen LogP contribution in [0.25, 0.3) is 0 Å². The summed E-state index contributed by atoms with van der Waals surface area (Å²) < 4.78 is 7.46. The Hall–Kier alpha value is -1.11. The lowest BCUT2D eigenvalue weighted by atomic mass is 9.97. The molecule has 6 nitrogen and oxygen atoms in total. The lowest BCUT2D eigenvalue weighted by molar-refractivity contribution is -0.0263. The van der Waals surface area contributed by atoms with Crippen molar-refractivity contribution in [3.8, 4) is 0 Å². The highest BCUT2D eigenvalue weighted by Crippen LogP contribution is 2.24. The number of aliphatic hydroxyl groups is 1. The van der Waals surface area contributed by atoms with Crippen LogP contribution in [0.2, 0.25) is 0 Å². The monoisotopic (exact) mass is 268 g/mol. The molecule has 0 spiro atoms. The molecule has 1 aliphatic rings. The molecule has 108 valence electrons. The fourth-order valence-electron chi connectivity index (χ4n) is 2.42. The summed E-state index contributed by atoms with van der Waals surface area (Å²) in [4.78, 5) is 6.34. The van der Waals surface area contributed by atoms with Crippen LogP contribution in [0.4, 0.5) is 5.95 Å². The summed E-state index contributed by atoms with van der Waals surface area (Å²) >= 11 is 0. The Balaban J connectivity index is 1.89. The van der Waals surface area contributed by atoms with Gasteiger partial charge in [0.25, 0.3) is 0 Å². The van der Waals surface area contributed by atoms with E-state index in [0.29, 0.717) is 26.1 Å². The summed E-state index contributed by atoms with van der Waals surface area (Å²) in [7, 11) is 5.94. The zero-order chi connectivity index (χ0) is 14.0. The molecule has 2 atom stereocenters. The van der Waals surface area contributed by atoms with E-state index >= 15 is 0 Å². The molecule has 1 aromatic rings. The smallest absolute Gasteiger partial charge is 0.204 e. The van der Waals surface area contributed by atoms with Crippen LogP contribution in [-0.2, 0) is 18.3 Å². The SMILES string of the molecule is CC1OCCC1(O)CNCc1cnc(N(C)C)n1C. The Morgan fingerprint density at radius 3 is 2.89 bits per heavy atom. The fraction of sp³-hybridized carbons (Fsp3) is 0.769. The second-order valence-corrected chi connectivity index (χ2v) is 5.47. The van der Waals surface area contributed by atoms with Crippen LogP contribution < -0.4 is 10.2 Å². The zero-order valence-electron chi connectivity index (χ0n) is 12.2. The molecule has 0 aromatic carbocycles. The van der Waals surface area contributed by atoms with E-state index in [9.17, 15) is 5.11 Å². The van der Waals surface area contributed by atoms with Gasteiger partial charge in [-0.1, -0.05) is 0 Å². The van der Waals surface area contributed by atoms with Crippen molar-refractivity contribution < 1.29 is 9.84 Å². The molecule has 6 heteroatoms. The molecule has 2 N–H and O–H groups in total. The minimum absolute atomic E-state index is 0.108. The first kappa shape index (κ1) is 14.3. The number of anilines is 1. The molecule has 0 radical (unpaired) electrons. The minimum atomic E-state index is -0.747. The largest absolute Gasteiger partial charge is 0.386 e. The van der Waals surface area contributed by atoms with Gasteiger partial charge in [-0.25, -0.2) is 4.98 Å². The maximum Gasteiger partial charge on any atom is 0.204 e. The van der Waals surface area contributed by atoms with E-state index in [-0.39, 0.29) is 6.10 Å². The summed E-state index contributed by atoms with van der Waals surface area (Å²) in [6.07, 6.45) is 2.44. The fourth-order valence-corrected chi connectivity index (χ4v) is 2.42. The highest BCUT2D eigenvalue weighted by atomic mass is 16.5. The van der Waals surface area contributed by atoms with Crippen molar-refractivity contribution in [2.75, 3.05) is 32.1 Å². The summed E-state index contributed by atoms with van der Waals surface area (Å²) in [5.41, 5.74) is 0.349. The van der Waals surface area contributed by atoms with Gasteiger partial charge in [0.2, 0.25) is 5.95 Å². The quantitative estimate of drug-likeness (QED) is 0.794. The summed E-state index contributed by atoms with van der Waals surface area (Å²) in [5, 5.41) is 13.7. The number of aromatic nitrogens is 2. The first-order valence-electron chi connectivity index (χ1n) is 6.66. The number of hydrogen-bond donors (Lipinski definition) is 2. The highest BCUT2D eigenvalue weighted by Gasteiger charge is 2.38. The predicted octanol–water partition coefficient (Wildman–Crippen LogP) is 0.116. The van der Waals surface area contributed by atoms with Crippen LogP contribution in [0.5, 0.6) is 0 Å². The van der Waals surface area contributed by atoms with Gasteiger partial charge in [-0.15, -0.1) is 0 Å². The van der Waals surface area contributed by atoms with Gasteiger partial charge in [0.05, 0.1) is 18.0 Å². The third kappa shape index (κ3) is 2.91. The van der Waals surface area contributed by atoms with Crippen LogP contribution >= 0.6 is 0 Å². The van der Waals surface area contributed by atoms with Gasteiger partial charge in [-0.05, 0) is 6.92 Å². The Labute approximate surface area is 114 Å². The molecular formula is C13H24N4O2. The maximum absolute atomic E-state index is 10.4. The van der Waals surface area contributed by atoms with E-state index in [1.54, 1.807) is 0 Å². The van der Waals surface area contributed by atoms with Crippen molar-refractivity contribution in [3.05, 3.63) is 11.9 Å². The molecular weight excluding hydrogens is 244 g/mol. The van der Waals surface area contributed by atoms with Crippen molar-refractivity contribution in [3.63, 3.8) is 0 Å². The predicted molar refractivity (Wildman–Crippen MR) is 74.2 cm³/mol. The van der Waals surface area contributed by atoms with Crippen molar-refractivity contribution in [2.45, 2.75) is 31.6 Å². The maximum atomic E-state index is 10.4. The molecule has 2 heterocycles. The molecule has 0 amide bonds. The molecule has 0 aliphatic carbocycles. The molecule has 2 rings (SSSR count). The second-order valence-electron chi connectivity index (χ2n) is 5.47. The van der Waals surface area contributed by atoms with Gasteiger partial charge in [0.15, 0.2) is 0 Å². The number of hydrogen-bond acceptors (Lipinski definition) is 5. The van der Waals surface area contributed by atoms with Gasteiger partial charge in [0, 0.05) is 47.3 Å². The highest BCUT2D eigenvalue weighted by molar-refractivity contribution is 5.30. The number of nitrogens with zero attached hydrogens (tertiary/aromatic N) is 3. The van der Waals surface area contributed by atoms with E-state index in [1.165, 1.54) is 0 Å². The average Bonchev–Trinajstić information content (AvgIpc) is 2.85. The Kier molecular flexibility index (Phi) is 4.13. The lowest BCUT2D eigenvalue weighted by Gasteiger charge is -2.26. The number of nitrogens with one attached hydrogen (secondary N) is 1. The molecule has 1 aromatic heterocycles. The first-order valence-corrected chi connectivity index (χ1v) is 6.66. The third-order valence-electron chi connectivity index (χ3n) is 3.86. The van der Waals surface area contributed by atoms with Crippen LogP contribution in [0.15, 0.2) is 6.20 Å². The molecule has 1 saturated heterocycles. The van der Waals surface area contributed by atoms with E-state index < -0.39 is 5.60 Å². The van der Waals surface area contributed by atoms with Gasteiger partial charge in [-0.2, -0.15) is 0 Å². The second kappa shape index (κ2) is 5.48. The molecule has 19 heavy (non-hydrogen) atoms. The molecule has 0 bridgehead atoms. The molecule has 2 unspecified atom stereocenters. The average molecular weight is 268 g/mol. The first-order chi connectivity index (χ1) is 8.94. The van der Waals surface area contributed by atoms with E-state index in [1.807, 2.05) is 43.7 Å². The van der Waals surface area contributed by atoms with Crippen molar-refractivity contribution in [1.29, 1.82) is 0 Å². The normalized spacial score (nSPS) is 26.9. The van der Waals surface area contributed by atoms with Crippen LogP contribution in [-0.4, -0.2) is 53.6 Å². The molecule has 1 aliphatic heterocycles. The van der Waals surface area contributed by atoms with Gasteiger partial charge >= 0.3 is 0 Å². The Morgan fingerprint density at radius 2 is 2.37 bits per heavy atom. The Bertz CT molecular complexity index is 432. The van der Waals surface area contributed by atoms with Crippen molar-refractivity contribution in [1.82, 2.24) is 14.9 Å². The van der Waals surface area contributed by atoms with E-state index in [2.05, 4.69) is 10.3 Å². The standard InChI is InChI=1S/C13H24N4O2/c1-10-13(18,5-6-19-10)9-14-7-11-8-15-12(16(2)3)17(11)4/h8,10,14,18H,5-7,9H2,1-4H3. The third-order valence-corrected chi connectivity index (χ3v) is 3.86. The molecule has 1 fully saturated rings. The van der Waals surface area contributed by atoms with E-state index in [4.69, 9.17) is 4.74 Å².